The summed E-state index contributed by atoms with van der Waals surface area (Å²) in [7, 11) is 0. The average molecular weight is 879 g/mol. The van der Waals surface area contributed by atoms with Crippen LogP contribution in [-0.2, 0) is 18.3 Å². The van der Waals surface area contributed by atoms with Gasteiger partial charge in [0.15, 0.2) is 0 Å². The van der Waals surface area contributed by atoms with Crippen molar-refractivity contribution in [2.45, 2.75) is 70.3 Å². The Morgan fingerprint density at radius 1 is 0.706 bits per heavy atom. The topological polar surface area (TPSA) is 23.0 Å². The molecule has 0 fully saturated rings. The Labute approximate surface area is 398 Å². The summed E-state index contributed by atoms with van der Waals surface area (Å²) in [6.07, 6.45) is 34.0. The molecule has 9 aromatic rings. The fraction of sp³-hybridized carbons (Fsp3) is 0.169. The number of allylic oxidation sites excluding steroid dienone is 14. The third-order valence-corrected chi connectivity index (χ3v) is 15.4. The van der Waals surface area contributed by atoms with Gasteiger partial charge in [-0.3, -0.25) is 0 Å². The van der Waals surface area contributed by atoms with Crippen LogP contribution in [0.15, 0.2) is 199 Å². The second kappa shape index (κ2) is 16.0. The van der Waals surface area contributed by atoms with Gasteiger partial charge in [-0.2, -0.15) is 0 Å². The molecule has 0 saturated carbocycles. The predicted octanol–water partition coefficient (Wildman–Crippen LogP) is 17.5. The quantitative estimate of drug-likeness (QED) is 0.133. The fourth-order valence-electron chi connectivity index (χ4n) is 11.9. The van der Waals surface area contributed by atoms with Crippen LogP contribution in [0.3, 0.4) is 0 Å². The minimum atomic E-state index is -0.0670. The van der Waals surface area contributed by atoms with Gasteiger partial charge in [-0.15, -0.1) is 0 Å². The van der Waals surface area contributed by atoms with Crippen LogP contribution in [0.5, 0.6) is 0 Å². The standard InChI is InChI=1S/C65H54N2O/c1-42(18-8-4-5-9-19-43-20-10-6-11-21-43)44-28-32-48(33-29-44)67-60-35-31-45(36-52(60)54-38-51-49-24-14-16-26-57(49)65(2,3)58(51)40-61(54)67)46-30-34-59-53(37-46)55-39-56-50-25-15-17-27-63(50)68-64(56)41-62(55)66(59)47-22-12-7-13-23-47/h4-8,10-13,16-18,20-22,26-41,47H,1,9,14-15,19,23-25H2,2-3H3/b5-4-,18-8-. The second-order valence-corrected chi connectivity index (χ2v) is 19.8. The van der Waals surface area contributed by atoms with E-state index in [2.05, 4.69) is 218 Å². The number of hydrogen-bond acceptors (Lipinski definition) is 1. The Hall–Kier alpha value is -7.62. The first kappa shape index (κ1) is 40.6. The van der Waals surface area contributed by atoms with E-state index in [1.165, 1.54) is 93.5 Å². The van der Waals surface area contributed by atoms with E-state index in [9.17, 15) is 0 Å². The highest BCUT2D eigenvalue weighted by molar-refractivity contribution is 6.15. The van der Waals surface area contributed by atoms with E-state index in [1.807, 2.05) is 0 Å². The van der Waals surface area contributed by atoms with Crippen molar-refractivity contribution in [2.75, 3.05) is 0 Å². The van der Waals surface area contributed by atoms with Crippen LogP contribution < -0.4 is 0 Å². The van der Waals surface area contributed by atoms with Crippen molar-refractivity contribution >= 4 is 71.8 Å². The van der Waals surface area contributed by atoms with Gasteiger partial charge in [-0.05, 0) is 156 Å². The summed E-state index contributed by atoms with van der Waals surface area (Å²) < 4.78 is 11.5. The molecule has 0 aliphatic heterocycles. The highest BCUT2D eigenvalue weighted by Gasteiger charge is 2.38. The lowest BCUT2D eigenvalue weighted by atomic mass is 9.80. The summed E-state index contributed by atoms with van der Waals surface area (Å²) in [4.78, 5) is 0. The van der Waals surface area contributed by atoms with E-state index >= 15 is 0 Å². The summed E-state index contributed by atoms with van der Waals surface area (Å²) in [5.74, 6) is 1.01. The molecule has 0 bridgehead atoms. The lowest BCUT2D eigenvalue weighted by Gasteiger charge is -2.24. The first-order valence-corrected chi connectivity index (χ1v) is 24.6. The van der Waals surface area contributed by atoms with E-state index in [1.54, 1.807) is 0 Å². The maximum absolute atomic E-state index is 6.51. The Kier molecular flexibility index (Phi) is 9.58. The molecule has 6 aromatic carbocycles. The summed E-state index contributed by atoms with van der Waals surface area (Å²) in [5, 5.41) is 6.38. The molecule has 1 unspecified atom stereocenters. The molecule has 1 atom stereocenters. The molecule has 0 N–H and O–H groups in total. The van der Waals surface area contributed by atoms with Gasteiger partial charge in [0.05, 0.1) is 22.6 Å². The number of aryl methyl sites for hydroxylation is 2. The van der Waals surface area contributed by atoms with Crippen molar-refractivity contribution < 1.29 is 4.42 Å². The minimum Gasteiger partial charge on any atom is -0.456 e. The van der Waals surface area contributed by atoms with E-state index in [4.69, 9.17) is 4.42 Å². The number of rotatable bonds is 9. The molecule has 68 heavy (non-hydrogen) atoms. The third-order valence-electron chi connectivity index (χ3n) is 15.4. The molecule has 3 nitrogen and oxygen atoms in total. The Morgan fingerprint density at radius 2 is 1.47 bits per heavy atom. The van der Waals surface area contributed by atoms with Crippen molar-refractivity contribution in [1.82, 2.24) is 9.13 Å². The van der Waals surface area contributed by atoms with Crippen LogP contribution in [-0.4, -0.2) is 9.13 Å². The Bertz CT molecular complexity index is 3790. The molecule has 0 saturated heterocycles. The molecule has 0 radical (unpaired) electrons. The number of aromatic nitrogens is 2. The Balaban J connectivity index is 0.919. The zero-order valence-corrected chi connectivity index (χ0v) is 38.9. The van der Waals surface area contributed by atoms with Crippen LogP contribution in [0.4, 0.5) is 0 Å². The van der Waals surface area contributed by atoms with Crippen LogP contribution >= 0.6 is 0 Å². The van der Waals surface area contributed by atoms with Gasteiger partial charge in [0.1, 0.15) is 11.3 Å². The average Bonchev–Trinajstić information content (AvgIpc) is 4.08. The van der Waals surface area contributed by atoms with Crippen LogP contribution in [0.2, 0.25) is 0 Å². The number of nitrogens with zero attached hydrogens (tertiary/aromatic N) is 2. The van der Waals surface area contributed by atoms with E-state index in [0.717, 1.165) is 73.1 Å². The normalized spacial score (nSPS) is 17.3. The number of hydrogen-bond donors (Lipinski definition) is 0. The predicted molar refractivity (Wildman–Crippen MR) is 289 cm³/mol. The van der Waals surface area contributed by atoms with Crippen LogP contribution in [0.25, 0.3) is 88.6 Å². The zero-order chi connectivity index (χ0) is 45.5. The molecule has 0 spiro atoms. The van der Waals surface area contributed by atoms with E-state index < -0.39 is 0 Å². The molecule has 4 aliphatic rings. The van der Waals surface area contributed by atoms with Gasteiger partial charge in [-0.1, -0.05) is 142 Å². The number of fused-ring (bicyclic) bond motifs is 11. The summed E-state index contributed by atoms with van der Waals surface area (Å²) in [6, 6.07) is 44.0. The van der Waals surface area contributed by atoms with Crippen LogP contribution in [0, 0.1) is 0 Å². The highest BCUT2D eigenvalue weighted by atomic mass is 16.3. The Morgan fingerprint density at radius 3 is 2.29 bits per heavy atom. The van der Waals surface area contributed by atoms with Crippen molar-refractivity contribution in [3.05, 3.63) is 228 Å². The lowest BCUT2D eigenvalue weighted by Crippen LogP contribution is -2.16. The van der Waals surface area contributed by atoms with Crippen LogP contribution in [0.1, 0.15) is 85.6 Å². The van der Waals surface area contributed by atoms with E-state index in [-0.39, 0.29) is 11.5 Å². The van der Waals surface area contributed by atoms with Gasteiger partial charge < -0.3 is 13.6 Å². The van der Waals surface area contributed by atoms with Crippen molar-refractivity contribution in [3.8, 4) is 16.8 Å². The monoisotopic (exact) mass is 878 g/mol. The van der Waals surface area contributed by atoms with Gasteiger partial charge in [-0.25, -0.2) is 0 Å². The van der Waals surface area contributed by atoms with Gasteiger partial charge in [0, 0.05) is 55.2 Å². The summed E-state index contributed by atoms with van der Waals surface area (Å²) in [5.41, 5.74) is 20.1. The first-order chi connectivity index (χ1) is 33.4. The lowest BCUT2D eigenvalue weighted by molar-refractivity contribution is 0.595. The zero-order valence-electron chi connectivity index (χ0n) is 38.9. The molecule has 4 aliphatic carbocycles. The summed E-state index contributed by atoms with van der Waals surface area (Å²) in [6.45, 7) is 9.26. The van der Waals surface area contributed by atoms with Gasteiger partial charge >= 0.3 is 0 Å². The molecule has 3 heterocycles. The minimum absolute atomic E-state index is 0.0670. The third kappa shape index (κ3) is 6.54. The second-order valence-electron chi connectivity index (χ2n) is 19.8. The summed E-state index contributed by atoms with van der Waals surface area (Å²) >= 11 is 0. The highest BCUT2D eigenvalue weighted by Crippen LogP contribution is 2.52. The smallest absolute Gasteiger partial charge is 0.137 e. The molecular formula is C65H54N2O. The number of benzene rings is 6. The fourth-order valence-corrected chi connectivity index (χ4v) is 11.9. The molecular weight excluding hydrogens is 825 g/mol. The van der Waals surface area contributed by atoms with Crippen molar-refractivity contribution in [3.63, 3.8) is 0 Å². The molecule has 3 aromatic heterocycles. The number of furan rings is 1. The van der Waals surface area contributed by atoms with Crippen molar-refractivity contribution in [2.24, 2.45) is 0 Å². The molecule has 3 heteroatoms. The first-order valence-electron chi connectivity index (χ1n) is 24.6. The SMILES string of the molecule is C=C(/C=C\C=C/CCc1ccccc1)c1ccc(-n2c3ccc(-c4ccc5c(c4)c4cc6c7c(oc6cc4n5C4C=CC=CC4)C=CCC7)cc3c3cc4c(cc32)C(C)(C)C2=C4CCC=C2)cc1. The van der Waals surface area contributed by atoms with Gasteiger partial charge in [0.25, 0.3) is 0 Å². The van der Waals surface area contributed by atoms with Gasteiger partial charge in [0.2, 0.25) is 0 Å². The largest absolute Gasteiger partial charge is 0.456 e. The molecule has 13 rings (SSSR count). The maximum Gasteiger partial charge on any atom is 0.137 e. The van der Waals surface area contributed by atoms with Crippen molar-refractivity contribution in [1.29, 1.82) is 0 Å². The molecule has 330 valence electrons. The molecule has 0 amide bonds. The maximum atomic E-state index is 6.51. The van der Waals surface area contributed by atoms with E-state index in [0.29, 0.717) is 0 Å².